The Labute approximate surface area is 138 Å². The Hall–Kier alpha value is -1.44. The van der Waals surface area contributed by atoms with Crippen LogP contribution < -0.4 is 10.6 Å². The van der Waals surface area contributed by atoms with Gasteiger partial charge in [-0.1, -0.05) is 6.07 Å². The van der Waals surface area contributed by atoms with Crippen molar-refractivity contribution in [3.8, 4) is 0 Å². The van der Waals surface area contributed by atoms with Crippen LogP contribution >= 0.6 is 0 Å². The van der Waals surface area contributed by atoms with Crippen molar-refractivity contribution in [2.75, 3.05) is 32.5 Å². The van der Waals surface area contributed by atoms with Crippen molar-refractivity contribution >= 4 is 21.6 Å². The number of hydrogen-bond acceptors (Lipinski definition) is 4. The van der Waals surface area contributed by atoms with Crippen LogP contribution in [0.4, 0.5) is 5.69 Å². The molecule has 1 aliphatic heterocycles. The van der Waals surface area contributed by atoms with Gasteiger partial charge in [-0.15, -0.1) is 0 Å². The van der Waals surface area contributed by atoms with E-state index in [1.165, 1.54) is 26.2 Å². The van der Waals surface area contributed by atoms with Crippen LogP contribution in [0.5, 0.6) is 0 Å². The number of nitrogens with zero attached hydrogens (tertiary/aromatic N) is 1. The zero-order valence-corrected chi connectivity index (χ0v) is 14.5. The monoisotopic (exact) mass is 339 g/mol. The van der Waals surface area contributed by atoms with E-state index in [1.807, 2.05) is 0 Å². The maximum Gasteiger partial charge on any atom is 0.242 e. The van der Waals surface area contributed by atoms with Crippen LogP contribution in [0.15, 0.2) is 29.2 Å². The summed E-state index contributed by atoms with van der Waals surface area (Å²) in [4.78, 5) is 12.2. The number of hydrogen-bond donors (Lipinski definition) is 2. The first-order valence-electron chi connectivity index (χ1n) is 7.93. The minimum atomic E-state index is -3.49. The van der Waals surface area contributed by atoms with E-state index in [2.05, 4.69) is 10.6 Å². The number of benzene rings is 1. The summed E-state index contributed by atoms with van der Waals surface area (Å²) in [5.41, 5.74) is 0.517. The van der Waals surface area contributed by atoms with Gasteiger partial charge in [0.05, 0.1) is 4.90 Å². The van der Waals surface area contributed by atoms with Crippen molar-refractivity contribution in [2.45, 2.75) is 30.6 Å². The molecule has 0 unspecified atom stereocenters. The van der Waals surface area contributed by atoms with Gasteiger partial charge in [0, 0.05) is 26.2 Å². The van der Waals surface area contributed by atoms with Crippen molar-refractivity contribution in [2.24, 2.45) is 5.92 Å². The molecule has 0 atom stereocenters. The lowest BCUT2D eigenvalue weighted by Gasteiger charge is -2.22. The van der Waals surface area contributed by atoms with Gasteiger partial charge >= 0.3 is 0 Å². The van der Waals surface area contributed by atoms with Gasteiger partial charge in [0.2, 0.25) is 15.9 Å². The average molecular weight is 339 g/mol. The molecule has 2 rings (SSSR count). The molecule has 0 spiro atoms. The lowest BCUT2D eigenvalue weighted by molar-refractivity contribution is -0.116. The lowest BCUT2D eigenvalue weighted by atomic mass is 9.93. The normalized spacial score (nSPS) is 16.5. The smallest absolute Gasteiger partial charge is 0.242 e. The maximum absolute atomic E-state index is 12.1. The van der Waals surface area contributed by atoms with E-state index in [9.17, 15) is 13.2 Å². The molecule has 1 amide bonds. The number of rotatable bonds is 6. The van der Waals surface area contributed by atoms with Crippen molar-refractivity contribution in [1.82, 2.24) is 9.62 Å². The van der Waals surface area contributed by atoms with E-state index in [1.54, 1.807) is 12.1 Å². The molecule has 1 fully saturated rings. The van der Waals surface area contributed by atoms with Crippen molar-refractivity contribution < 1.29 is 13.2 Å². The summed E-state index contributed by atoms with van der Waals surface area (Å²) in [5.74, 6) is 0.533. The van der Waals surface area contributed by atoms with Crippen LogP contribution in [0, 0.1) is 5.92 Å². The summed E-state index contributed by atoms with van der Waals surface area (Å²) < 4.78 is 25.4. The first-order chi connectivity index (χ1) is 10.9. The van der Waals surface area contributed by atoms with E-state index in [0.717, 1.165) is 36.7 Å². The summed E-state index contributed by atoms with van der Waals surface area (Å²) in [7, 11) is -0.518. The first kappa shape index (κ1) is 17.9. The van der Waals surface area contributed by atoms with Crippen LogP contribution in [0.3, 0.4) is 0 Å². The molecule has 0 saturated carbocycles. The van der Waals surface area contributed by atoms with Crippen molar-refractivity contribution in [3.05, 3.63) is 24.3 Å². The molecular weight excluding hydrogens is 314 g/mol. The molecule has 23 heavy (non-hydrogen) atoms. The highest BCUT2D eigenvalue weighted by Crippen LogP contribution is 2.20. The molecule has 2 N–H and O–H groups in total. The molecule has 0 aromatic heterocycles. The van der Waals surface area contributed by atoms with Crippen LogP contribution in [-0.4, -0.2) is 45.8 Å². The number of sulfonamides is 1. The Morgan fingerprint density at radius 1 is 1.30 bits per heavy atom. The predicted octanol–water partition coefficient (Wildman–Crippen LogP) is 1.66. The Bertz CT molecular complexity index is 638. The summed E-state index contributed by atoms with van der Waals surface area (Å²) in [6.45, 7) is 2.05. The second-order valence-electron chi connectivity index (χ2n) is 6.10. The van der Waals surface area contributed by atoms with E-state index in [-0.39, 0.29) is 10.8 Å². The second kappa shape index (κ2) is 7.90. The standard InChI is InChI=1S/C16H25N3O3S/c1-19(2)23(21,22)15-5-3-4-14(12-15)18-16(20)7-6-13-8-10-17-11-9-13/h3-5,12-13,17H,6-11H2,1-2H3,(H,18,20). The van der Waals surface area contributed by atoms with Crippen LogP contribution in [0.1, 0.15) is 25.7 Å². The van der Waals surface area contributed by atoms with Crippen molar-refractivity contribution in [1.29, 1.82) is 0 Å². The Kier molecular flexibility index (Phi) is 6.15. The summed E-state index contributed by atoms with van der Waals surface area (Å²) >= 11 is 0. The van der Waals surface area contributed by atoms with Gasteiger partial charge in [-0.2, -0.15) is 0 Å². The van der Waals surface area contributed by atoms with E-state index in [0.29, 0.717) is 18.0 Å². The fraction of sp³-hybridized carbons (Fsp3) is 0.562. The molecule has 0 radical (unpaired) electrons. The van der Waals surface area contributed by atoms with Gasteiger partial charge in [-0.3, -0.25) is 4.79 Å². The second-order valence-corrected chi connectivity index (χ2v) is 8.25. The van der Waals surface area contributed by atoms with E-state index >= 15 is 0 Å². The SMILES string of the molecule is CN(C)S(=O)(=O)c1cccc(NC(=O)CCC2CCNCC2)c1. The molecule has 0 bridgehead atoms. The Morgan fingerprint density at radius 3 is 2.65 bits per heavy atom. The highest BCUT2D eigenvalue weighted by Gasteiger charge is 2.18. The minimum Gasteiger partial charge on any atom is -0.326 e. The Balaban J connectivity index is 1.93. The molecule has 1 saturated heterocycles. The van der Waals surface area contributed by atoms with Gasteiger partial charge in [0.15, 0.2) is 0 Å². The number of carbonyl (C=O) groups excluding carboxylic acids is 1. The molecular formula is C16H25N3O3S. The Morgan fingerprint density at radius 2 is 2.00 bits per heavy atom. The molecule has 1 heterocycles. The first-order valence-corrected chi connectivity index (χ1v) is 9.37. The van der Waals surface area contributed by atoms with Crippen LogP contribution in [0.25, 0.3) is 0 Å². The number of piperidine rings is 1. The van der Waals surface area contributed by atoms with Crippen LogP contribution in [0.2, 0.25) is 0 Å². The van der Waals surface area contributed by atoms with Crippen LogP contribution in [-0.2, 0) is 14.8 Å². The number of nitrogens with one attached hydrogen (secondary N) is 2. The summed E-state index contributed by atoms with van der Waals surface area (Å²) in [6, 6.07) is 6.37. The van der Waals surface area contributed by atoms with Gasteiger partial charge in [-0.05, 0) is 56.5 Å². The minimum absolute atomic E-state index is 0.0667. The van der Waals surface area contributed by atoms with Crippen molar-refractivity contribution in [3.63, 3.8) is 0 Å². The summed E-state index contributed by atoms with van der Waals surface area (Å²) in [5, 5.41) is 6.11. The third-order valence-electron chi connectivity index (χ3n) is 4.13. The summed E-state index contributed by atoms with van der Waals surface area (Å²) in [6.07, 6.45) is 3.58. The quantitative estimate of drug-likeness (QED) is 0.826. The van der Waals surface area contributed by atoms with E-state index < -0.39 is 10.0 Å². The predicted molar refractivity (Wildman–Crippen MR) is 90.8 cm³/mol. The van der Waals surface area contributed by atoms with Gasteiger partial charge in [0.25, 0.3) is 0 Å². The zero-order chi connectivity index (χ0) is 16.9. The van der Waals surface area contributed by atoms with Gasteiger partial charge in [-0.25, -0.2) is 12.7 Å². The molecule has 1 aromatic carbocycles. The number of anilines is 1. The molecule has 1 aromatic rings. The number of carbonyl (C=O) groups is 1. The van der Waals surface area contributed by atoms with Gasteiger partial charge < -0.3 is 10.6 Å². The van der Waals surface area contributed by atoms with E-state index in [4.69, 9.17) is 0 Å². The highest BCUT2D eigenvalue weighted by molar-refractivity contribution is 7.89. The fourth-order valence-corrected chi connectivity index (χ4v) is 3.62. The maximum atomic E-state index is 12.1. The molecule has 6 nitrogen and oxygen atoms in total. The number of amides is 1. The molecule has 7 heteroatoms. The fourth-order valence-electron chi connectivity index (χ4n) is 2.67. The molecule has 0 aliphatic carbocycles. The average Bonchev–Trinajstić information content (AvgIpc) is 2.54. The van der Waals surface area contributed by atoms with Gasteiger partial charge in [0.1, 0.15) is 0 Å². The molecule has 1 aliphatic rings. The molecule has 128 valence electrons. The third kappa shape index (κ3) is 5.02. The topological polar surface area (TPSA) is 78.5 Å². The largest absolute Gasteiger partial charge is 0.326 e. The zero-order valence-electron chi connectivity index (χ0n) is 13.7. The lowest BCUT2D eigenvalue weighted by Crippen LogP contribution is -2.28. The third-order valence-corrected chi connectivity index (χ3v) is 5.95. The highest BCUT2D eigenvalue weighted by atomic mass is 32.2.